The molecule has 1 rings (SSSR count). The Labute approximate surface area is 119 Å². The molecule has 0 aromatic carbocycles. The fourth-order valence-electron chi connectivity index (χ4n) is 3.02. The Bertz CT molecular complexity index is 214. The lowest BCUT2D eigenvalue weighted by Crippen LogP contribution is -2.40. The van der Waals surface area contributed by atoms with E-state index >= 15 is 0 Å². The Hall–Kier alpha value is 0.310. The summed E-state index contributed by atoms with van der Waals surface area (Å²) in [6, 6.07) is 1.48. The van der Waals surface area contributed by atoms with E-state index < -0.39 is 0 Å². The van der Waals surface area contributed by atoms with E-state index in [1.165, 1.54) is 43.6 Å². The van der Waals surface area contributed by atoms with Crippen molar-refractivity contribution in [3.63, 3.8) is 0 Å². The summed E-state index contributed by atoms with van der Waals surface area (Å²) in [4.78, 5) is 0. The zero-order chi connectivity index (χ0) is 13.6. The van der Waals surface area contributed by atoms with Crippen LogP contribution in [0.15, 0.2) is 0 Å². The average molecular weight is 272 g/mol. The highest BCUT2D eigenvalue weighted by atomic mass is 32.2. The van der Waals surface area contributed by atoms with Gasteiger partial charge in [0.05, 0.1) is 0 Å². The second kappa shape index (κ2) is 7.79. The Morgan fingerprint density at radius 1 is 1.17 bits per heavy atom. The van der Waals surface area contributed by atoms with E-state index in [9.17, 15) is 0 Å². The van der Waals surface area contributed by atoms with Crippen molar-refractivity contribution in [2.24, 2.45) is 11.3 Å². The second-order valence-corrected chi connectivity index (χ2v) is 8.36. The molecular weight excluding hydrogens is 238 g/mol. The lowest BCUT2D eigenvalue weighted by Gasteiger charge is -2.38. The topological polar surface area (TPSA) is 12.0 Å². The maximum absolute atomic E-state index is 3.84. The fourth-order valence-corrected chi connectivity index (χ4v) is 3.83. The van der Waals surface area contributed by atoms with Crippen molar-refractivity contribution in [2.45, 2.75) is 78.8 Å². The molecule has 1 unspecified atom stereocenters. The normalized spacial score (nSPS) is 27.2. The number of rotatable bonds is 6. The molecule has 108 valence electrons. The molecule has 1 aliphatic rings. The van der Waals surface area contributed by atoms with E-state index in [0.717, 1.165) is 12.0 Å². The minimum atomic E-state index is 0.508. The molecule has 0 saturated heterocycles. The average Bonchev–Trinajstić information content (AvgIpc) is 2.29. The van der Waals surface area contributed by atoms with Crippen molar-refractivity contribution in [2.75, 3.05) is 11.5 Å². The zero-order valence-electron chi connectivity index (χ0n) is 13.1. The Morgan fingerprint density at radius 3 is 2.28 bits per heavy atom. The molecule has 0 aliphatic heterocycles. The van der Waals surface area contributed by atoms with E-state index in [4.69, 9.17) is 0 Å². The summed E-state index contributed by atoms with van der Waals surface area (Å²) < 4.78 is 0. The first-order valence-electron chi connectivity index (χ1n) is 7.77. The molecule has 0 radical (unpaired) electrons. The molecule has 0 heterocycles. The highest BCUT2D eigenvalue weighted by Gasteiger charge is 2.29. The van der Waals surface area contributed by atoms with E-state index in [-0.39, 0.29) is 0 Å². The van der Waals surface area contributed by atoms with Crippen LogP contribution >= 0.6 is 11.8 Å². The predicted octanol–water partition coefficient (Wildman–Crippen LogP) is 4.71. The van der Waals surface area contributed by atoms with Crippen LogP contribution in [0.25, 0.3) is 0 Å². The third kappa shape index (κ3) is 5.97. The Kier molecular flexibility index (Phi) is 7.08. The van der Waals surface area contributed by atoms with Gasteiger partial charge in [-0.2, -0.15) is 11.8 Å². The Balaban J connectivity index is 2.19. The van der Waals surface area contributed by atoms with Gasteiger partial charge in [0.2, 0.25) is 0 Å². The molecule has 0 aromatic heterocycles. The Morgan fingerprint density at radius 2 is 1.78 bits per heavy atom. The molecule has 18 heavy (non-hydrogen) atoms. The van der Waals surface area contributed by atoms with E-state index in [1.54, 1.807) is 0 Å². The van der Waals surface area contributed by atoms with Crippen LogP contribution in [0.1, 0.15) is 66.7 Å². The molecule has 1 fully saturated rings. The summed E-state index contributed by atoms with van der Waals surface area (Å²) in [6.45, 7) is 11.8. The minimum Gasteiger partial charge on any atom is -0.311 e. The van der Waals surface area contributed by atoms with Gasteiger partial charge in [0, 0.05) is 12.1 Å². The number of hydrogen-bond acceptors (Lipinski definition) is 2. The third-order valence-electron chi connectivity index (χ3n) is 4.37. The summed E-state index contributed by atoms with van der Waals surface area (Å²) in [7, 11) is 0. The first-order valence-corrected chi connectivity index (χ1v) is 8.92. The zero-order valence-corrected chi connectivity index (χ0v) is 13.9. The van der Waals surface area contributed by atoms with Gasteiger partial charge in [0.25, 0.3) is 0 Å². The molecule has 2 heteroatoms. The lowest BCUT2D eigenvalue weighted by molar-refractivity contribution is 0.156. The second-order valence-electron chi connectivity index (χ2n) is 6.97. The molecule has 1 saturated carbocycles. The summed E-state index contributed by atoms with van der Waals surface area (Å²) in [6.07, 6.45) is 6.91. The van der Waals surface area contributed by atoms with Gasteiger partial charge in [-0.1, -0.05) is 27.7 Å². The van der Waals surface area contributed by atoms with Crippen molar-refractivity contribution in [3.8, 4) is 0 Å². The van der Waals surface area contributed by atoms with Crippen molar-refractivity contribution in [1.29, 1.82) is 0 Å². The van der Waals surface area contributed by atoms with Crippen LogP contribution < -0.4 is 5.32 Å². The SMILES string of the molecule is CCSCCC(C)NC1CCC(C(C)(C)C)CC1. The van der Waals surface area contributed by atoms with Gasteiger partial charge in [-0.25, -0.2) is 0 Å². The van der Waals surface area contributed by atoms with Gasteiger partial charge < -0.3 is 5.32 Å². The standard InChI is InChI=1S/C16H33NS/c1-6-18-12-11-13(2)17-15-9-7-14(8-10-15)16(3,4)5/h13-15,17H,6-12H2,1-5H3. The highest BCUT2D eigenvalue weighted by molar-refractivity contribution is 7.99. The first kappa shape index (κ1) is 16.4. The van der Waals surface area contributed by atoms with Crippen LogP contribution in [0, 0.1) is 11.3 Å². The molecule has 0 aromatic rings. The highest BCUT2D eigenvalue weighted by Crippen LogP contribution is 2.37. The molecule has 1 nitrogen and oxygen atoms in total. The molecular formula is C16H33NS. The van der Waals surface area contributed by atoms with Crippen molar-refractivity contribution in [3.05, 3.63) is 0 Å². The van der Waals surface area contributed by atoms with Gasteiger partial charge in [-0.05, 0) is 61.9 Å². The monoisotopic (exact) mass is 271 g/mol. The summed E-state index contributed by atoms with van der Waals surface area (Å²) in [5.74, 6) is 3.49. The van der Waals surface area contributed by atoms with E-state index in [0.29, 0.717) is 11.5 Å². The van der Waals surface area contributed by atoms with Crippen LogP contribution in [0.4, 0.5) is 0 Å². The van der Waals surface area contributed by atoms with Crippen LogP contribution in [0.2, 0.25) is 0 Å². The largest absolute Gasteiger partial charge is 0.311 e. The van der Waals surface area contributed by atoms with Gasteiger partial charge in [-0.3, -0.25) is 0 Å². The predicted molar refractivity (Wildman–Crippen MR) is 85.4 cm³/mol. The molecule has 1 N–H and O–H groups in total. The van der Waals surface area contributed by atoms with E-state index in [2.05, 4.69) is 51.7 Å². The minimum absolute atomic E-state index is 0.508. The number of nitrogens with one attached hydrogen (secondary N) is 1. The van der Waals surface area contributed by atoms with Gasteiger partial charge in [0.1, 0.15) is 0 Å². The van der Waals surface area contributed by atoms with E-state index in [1.807, 2.05) is 0 Å². The quantitative estimate of drug-likeness (QED) is 0.702. The maximum Gasteiger partial charge on any atom is 0.00697 e. The van der Waals surface area contributed by atoms with Crippen LogP contribution in [-0.2, 0) is 0 Å². The van der Waals surface area contributed by atoms with Crippen LogP contribution in [0.5, 0.6) is 0 Å². The maximum atomic E-state index is 3.84. The van der Waals surface area contributed by atoms with Crippen molar-refractivity contribution < 1.29 is 0 Å². The summed E-state index contributed by atoms with van der Waals surface area (Å²) in [5.41, 5.74) is 0.508. The molecule has 0 amide bonds. The lowest BCUT2D eigenvalue weighted by atomic mass is 9.71. The molecule has 0 bridgehead atoms. The third-order valence-corrected chi connectivity index (χ3v) is 5.30. The van der Waals surface area contributed by atoms with Crippen molar-refractivity contribution in [1.82, 2.24) is 5.32 Å². The molecule has 0 spiro atoms. The van der Waals surface area contributed by atoms with Crippen LogP contribution in [0.3, 0.4) is 0 Å². The smallest absolute Gasteiger partial charge is 0.00697 e. The number of thioether (sulfide) groups is 1. The molecule has 1 aliphatic carbocycles. The number of hydrogen-bond donors (Lipinski definition) is 1. The fraction of sp³-hybridized carbons (Fsp3) is 1.00. The van der Waals surface area contributed by atoms with Crippen LogP contribution in [-0.4, -0.2) is 23.6 Å². The van der Waals surface area contributed by atoms with Gasteiger partial charge in [0.15, 0.2) is 0 Å². The van der Waals surface area contributed by atoms with Crippen molar-refractivity contribution >= 4 is 11.8 Å². The summed E-state index contributed by atoms with van der Waals surface area (Å²) >= 11 is 2.06. The first-order chi connectivity index (χ1) is 8.43. The van der Waals surface area contributed by atoms with Gasteiger partial charge in [-0.15, -0.1) is 0 Å². The molecule has 1 atom stereocenters. The summed E-state index contributed by atoms with van der Waals surface area (Å²) in [5, 5.41) is 3.84. The van der Waals surface area contributed by atoms with Gasteiger partial charge >= 0.3 is 0 Å².